The lowest BCUT2D eigenvalue weighted by Gasteiger charge is -2.21. The second kappa shape index (κ2) is 8.50. The van der Waals surface area contributed by atoms with E-state index in [1.165, 1.54) is 0 Å². The minimum Gasteiger partial charge on any atom is -0.459 e. The average molecular weight is 346 g/mol. The van der Waals surface area contributed by atoms with Crippen LogP contribution in [0.4, 0.5) is 0 Å². The zero-order valence-electron chi connectivity index (χ0n) is 13.7. The van der Waals surface area contributed by atoms with Gasteiger partial charge < -0.3 is 10.1 Å². The molecule has 2 aromatic rings. The Bertz CT molecular complexity index is 701. The van der Waals surface area contributed by atoms with Gasteiger partial charge in [0, 0.05) is 0 Å². The number of ether oxygens (including phenoxy) is 1. The number of hydrogen-bond acceptors (Lipinski definition) is 3. The molecule has 2 aromatic carbocycles. The summed E-state index contributed by atoms with van der Waals surface area (Å²) in [5, 5.41) is 3.05. The molecule has 126 valence electrons. The molecular weight excluding hydrogens is 326 g/mol. The van der Waals surface area contributed by atoms with E-state index in [1.807, 2.05) is 44.2 Å². The summed E-state index contributed by atoms with van der Waals surface area (Å²) in [6.07, 6.45) is 0. The first kappa shape index (κ1) is 18.0. The maximum Gasteiger partial charge on any atom is 0.329 e. The molecule has 0 bridgehead atoms. The zero-order chi connectivity index (χ0) is 17.5. The van der Waals surface area contributed by atoms with E-state index in [2.05, 4.69) is 5.32 Å². The van der Waals surface area contributed by atoms with Crippen LogP contribution in [0.2, 0.25) is 5.02 Å². The lowest BCUT2D eigenvalue weighted by molar-refractivity contribution is -0.148. The van der Waals surface area contributed by atoms with E-state index in [-0.39, 0.29) is 12.5 Å². The third kappa shape index (κ3) is 4.83. The van der Waals surface area contributed by atoms with Crippen LogP contribution in [-0.2, 0) is 16.1 Å². The number of carbonyl (C=O) groups excluding carboxylic acids is 2. The molecule has 1 unspecified atom stereocenters. The van der Waals surface area contributed by atoms with Gasteiger partial charge in [-0.3, -0.25) is 4.79 Å². The maximum absolute atomic E-state index is 12.4. The molecule has 24 heavy (non-hydrogen) atoms. The third-order valence-corrected chi connectivity index (χ3v) is 3.88. The fourth-order valence-corrected chi connectivity index (χ4v) is 2.40. The summed E-state index contributed by atoms with van der Waals surface area (Å²) in [6.45, 7) is 3.87. The molecular formula is C19H20ClNO3. The molecule has 0 aliphatic carbocycles. The second-order valence-corrected chi connectivity index (χ2v) is 6.18. The van der Waals surface area contributed by atoms with Gasteiger partial charge in [-0.05, 0) is 23.6 Å². The van der Waals surface area contributed by atoms with Gasteiger partial charge in [0.15, 0.2) is 0 Å². The number of nitrogens with one attached hydrogen (secondary N) is 1. The van der Waals surface area contributed by atoms with Gasteiger partial charge in [-0.1, -0.05) is 67.9 Å². The van der Waals surface area contributed by atoms with Crippen molar-refractivity contribution in [1.82, 2.24) is 5.32 Å². The number of esters is 1. The number of hydrogen-bond donors (Lipinski definition) is 1. The first-order valence-electron chi connectivity index (χ1n) is 7.75. The van der Waals surface area contributed by atoms with Gasteiger partial charge in [0.25, 0.3) is 5.91 Å². The molecule has 0 spiro atoms. The van der Waals surface area contributed by atoms with Crippen LogP contribution >= 0.6 is 11.6 Å². The molecule has 0 radical (unpaired) electrons. The van der Waals surface area contributed by atoms with Crippen molar-refractivity contribution in [2.75, 3.05) is 0 Å². The SMILES string of the molecule is CC(C)C(NC(=O)c1ccccc1Cl)C(=O)OCc1ccccc1. The van der Waals surface area contributed by atoms with Crippen LogP contribution in [0.5, 0.6) is 0 Å². The Morgan fingerprint density at radius 2 is 1.67 bits per heavy atom. The van der Waals surface area contributed by atoms with Crippen molar-refractivity contribution in [1.29, 1.82) is 0 Å². The Balaban J connectivity index is 2.02. The van der Waals surface area contributed by atoms with E-state index < -0.39 is 17.9 Å². The smallest absolute Gasteiger partial charge is 0.329 e. The van der Waals surface area contributed by atoms with Crippen molar-refractivity contribution in [3.05, 3.63) is 70.7 Å². The van der Waals surface area contributed by atoms with E-state index in [4.69, 9.17) is 16.3 Å². The molecule has 0 fully saturated rings. The van der Waals surface area contributed by atoms with Crippen molar-refractivity contribution in [3.63, 3.8) is 0 Å². The number of carbonyl (C=O) groups is 2. The highest BCUT2D eigenvalue weighted by molar-refractivity contribution is 6.33. The van der Waals surface area contributed by atoms with Crippen LogP contribution in [0.3, 0.4) is 0 Å². The minimum atomic E-state index is -0.738. The Morgan fingerprint density at radius 3 is 2.29 bits per heavy atom. The Labute approximate surface area is 146 Å². The van der Waals surface area contributed by atoms with Gasteiger partial charge in [-0.25, -0.2) is 4.79 Å². The Morgan fingerprint density at radius 1 is 1.04 bits per heavy atom. The predicted octanol–water partition coefficient (Wildman–Crippen LogP) is 3.84. The van der Waals surface area contributed by atoms with Crippen LogP contribution in [-0.4, -0.2) is 17.9 Å². The normalized spacial score (nSPS) is 11.8. The van der Waals surface area contributed by atoms with Gasteiger partial charge in [-0.2, -0.15) is 0 Å². The largest absolute Gasteiger partial charge is 0.459 e. The molecule has 0 aliphatic rings. The average Bonchev–Trinajstić information content (AvgIpc) is 2.58. The van der Waals surface area contributed by atoms with E-state index in [1.54, 1.807) is 24.3 Å². The number of halogens is 1. The topological polar surface area (TPSA) is 55.4 Å². The quantitative estimate of drug-likeness (QED) is 0.809. The van der Waals surface area contributed by atoms with Crippen LogP contribution in [0, 0.1) is 5.92 Å². The minimum absolute atomic E-state index is 0.111. The molecule has 2 rings (SSSR count). The van der Waals surface area contributed by atoms with Crippen molar-refractivity contribution in [2.24, 2.45) is 5.92 Å². The maximum atomic E-state index is 12.4. The van der Waals surface area contributed by atoms with Crippen molar-refractivity contribution >= 4 is 23.5 Å². The fraction of sp³-hybridized carbons (Fsp3) is 0.263. The van der Waals surface area contributed by atoms with Gasteiger partial charge in [0.2, 0.25) is 0 Å². The van der Waals surface area contributed by atoms with Gasteiger partial charge in [0.1, 0.15) is 12.6 Å². The van der Waals surface area contributed by atoms with E-state index in [0.717, 1.165) is 5.56 Å². The third-order valence-electron chi connectivity index (χ3n) is 3.55. The van der Waals surface area contributed by atoms with Crippen molar-refractivity contribution in [2.45, 2.75) is 26.5 Å². The van der Waals surface area contributed by atoms with Gasteiger partial charge in [0.05, 0.1) is 10.6 Å². The zero-order valence-corrected chi connectivity index (χ0v) is 14.4. The molecule has 0 saturated carbocycles. The molecule has 0 aliphatic heterocycles. The summed E-state index contributed by atoms with van der Waals surface area (Å²) < 4.78 is 5.33. The van der Waals surface area contributed by atoms with Crippen LogP contribution in [0.15, 0.2) is 54.6 Å². The first-order chi connectivity index (χ1) is 11.5. The van der Waals surface area contributed by atoms with Crippen LogP contribution in [0.25, 0.3) is 0 Å². The standard InChI is InChI=1S/C19H20ClNO3/c1-13(2)17(19(23)24-12-14-8-4-3-5-9-14)21-18(22)15-10-6-7-11-16(15)20/h3-11,13,17H,12H2,1-2H3,(H,21,22). The second-order valence-electron chi connectivity index (χ2n) is 5.77. The summed E-state index contributed by atoms with van der Waals surface area (Å²) in [5.41, 5.74) is 1.23. The molecule has 0 aromatic heterocycles. The highest BCUT2D eigenvalue weighted by Gasteiger charge is 2.26. The van der Waals surface area contributed by atoms with E-state index in [0.29, 0.717) is 10.6 Å². The molecule has 0 saturated heterocycles. The lowest BCUT2D eigenvalue weighted by Crippen LogP contribution is -2.45. The summed E-state index contributed by atoms with van der Waals surface area (Å²) in [6, 6.07) is 15.4. The lowest BCUT2D eigenvalue weighted by atomic mass is 10.0. The van der Waals surface area contributed by atoms with E-state index >= 15 is 0 Å². The number of benzene rings is 2. The van der Waals surface area contributed by atoms with Crippen molar-refractivity contribution < 1.29 is 14.3 Å². The number of amides is 1. The molecule has 0 heterocycles. The first-order valence-corrected chi connectivity index (χ1v) is 8.12. The highest BCUT2D eigenvalue weighted by atomic mass is 35.5. The van der Waals surface area contributed by atoms with Crippen LogP contribution in [0.1, 0.15) is 29.8 Å². The fourth-order valence-electron chi connectivity index (χ4n) is 2.18. The monoisotopic (exact) mass is 345 g/mol. The summed E-state index contributed by atoms with van der Waals surface area (Å²) in [4.78, 5) is 24.7. The molecule has 5 heteroatoms. The highest BCUT2D eigenvalue weighted by Crippen LogP contribution is 2.16. The van der Waals surface area contributed by atoms with Gasteiger partial charge in [-0.15, -0.1) is 0 Å². The summed E-state index contributed by atoms with van der Waals surface area (Å²) in [5.74, 6) is -0.968. The summed E-state index contributed by atoms with van der Waals surface area (Å²) >= 11 is 6.03. The molecule has 1 atom stereocenters. The Kier molecular flexibility index (Phi) is 6.38. The molecule has 1 N–H and O–H groups in total. The molecule has 4 nitrogen and oxygen atoms in total. The van der Waals surface area contributed by atoms with Crippen LogP contribution < -0.4 is 5.32 Å². The van der Waals surface area contributed by atoms with Gasteiger partial charge >= 0.3 is 5.97 Å². The predicted molar refractivity (Wildman–Crippen MR) is 93.8 cm³/mol. The van der Waals surface area contributed by atoms with Crippen molar-refractivity contribution in [3.8, 4) is 0 Å². The summed E-state index contributed by atoms with van der Waals surface area (Å²) in [7, 11) is 0. The Hall–Kier alpha value is -2.33. The van der Waals surface area contributed by atoms with E-state index in [9.17, 15) is 9.59 Å². The molecule has 1 amide bonds. The number of rotatable bonds is 6.